The minimum absolute atomic E-state index is 0.407. The van der Waals surface area contributed by atoms with Crippen LogP contribution in [0.4, 0.5) is 5.82 Å². The number of ether oxygens (including phenoxy) is 1. The molecule has 1 rings (SSSR count). The van der Waals surface area contributed by atoms with E-state index in [9.17, 15) is 0 Å². The van der Waals surface area contributed by atoms with Gasteiger partial charge in [0.05, 0.1) is 6.61 Å². The Morgan fingerprint density at radius 1 is 1.50 bits per heavy atom. The Balaban J connectivity index is 3.21. The molecule has 0 spiro atoms. The number of hydrogen-bond donors (Lipinski definition) is 1. The van der Waals surface area contributed by atoms with Crippen LogP contribution in [-0.4, -0.2) is 11.6 Å². The van der Waals surface area contributed by atoms with Crippen LogP contribution in [-0.2, 0) is 0 Å². The van der Waals surface area contributed by atoms with Crippen LogP contribution in [0.5, 0.6) is 5.75 Å². The van der Waals surface area contributed by atoms with Crippen LogP contribution in [0, 0.1) is 6.92 Å². The summed E-state index contributed by atoms with van der Waals surface area (Å²) in [6.45, 7) is 8.85. The van der Waals surface area contributed by atoms with Gasteiger partial charge in [0.2, 0.25) is 0 Å². The summed E-state index contributed by atoms with van der Waals surface area (Å²) in [5.41, 5.74) is 7.78. The van der Waals surface area contributed by atoms with Crippen LogP contribution in [0.1, 0.15) is 37.9 Å². The van der Waals surface area contributed by atoms with E-state index in [2.05, 4.69) is 18.8 Å². The molecule has 78 valence electrons. The van der Waals surface area contributed by atoms with Crippen LogP contribution in [0.3, 0.4) is 0 Å². The molecule has 0 fully saturated rings. The molecule has 0 bridgehead atoms. The lowest BCUT2D eigenvalue weighted by atomic mass is 10.0. The molecule has 0 saturated carbocycles. The van der Waals surface area contributed by atoms with E-state index in [-0.39, 0.29) is 0 Å². The van der Waals surface area contributed by atoms with E-state index in [1.807, 2.05) is 13.8 Å². The highest BCUT2D eigenvalue weighted by molar-refractivity contribution is 5.46. The summed E-state index contributed by atoms with van der Waals surface area (Å²) in [6.07, 6.45) is 0. The second-order valence-electron chi connectivity index (χ2n) is 3.63. The van der Waals surface area contributed by atoms with Crippen molar-refractivity contribution in [1.29, 1.82) is 0 Å². The lowest BCUT2D eigenvalue weighted by molar-refractivity contribution is 0.334. The normalized spacial score (nSPS) is 10.6. The van der Waals surface area contributed by atoms with Crippen LogP contribution >= 0.6 is 0 Å². The van der Waals surface area contributed by atoms with E-state index in [4.69, 9.17) is 10.5 Å². The Bertz CT molecular complexity index is 321. The Morgan fingerprint density at radius 2 is 2.14 bits per heavy atom. The van der Waals surface area contributed by atoms with Gasteiger partial charge in [0, 0.05) is 17.3 Å². The first kappa shape index (κ1) is 10.8. The minimum atomic E-state index is 0.407. The topological polar surface area (TPSA) is 48.1 Å². The number of aryl methyl sites for hydroxylation is 1. The monoisotopic (exact) mass is 194 g/mol. The highest BCUT2D eigenvalue weighted by atomic mass is 16.5. The highest BCUT2D eigenvalue weighted by Crippen LogP contribution is 2.30. The number of nitrogens with two attached hydrogens (primary N) is 1. The van der Waals surface area contributed by atoms with E-state index in [0.717, 1.165) is 17.0 Å². The number of aromatic nitrogens is 1. The van der Waals surface area contributed by atoms with Crippen molar-refractivity contribution in [2.24, 2.45) is 0 Å². The van der Waals surface area contributed by atoms with Gasteiger partial charge in [-0.2, -0.15) is 0 Å². The molecule has 0 saturated heterocycles. The molecular formula is C11H18N2O. The van der Waals surface area contributed by atoms with Crippen molar-refractivity contribution in [2.45, 2.75) is 33.6 Å². The molecule has 0 aromatic carbocycles. The Morgan fingerprint density at radius 3 is 2.64 bits per heavy atom. The fourth-order valence-corrected chi connectivity index (χ4v) is 1.65. The highest BCUT2D eigenvalue weighted by Gasteiger charge is 2.12. The summed E-state index contributed by atoms with van der Waals surface area (Å²) in [5, 5.41) is 0. The third-order valence-electron chi connectivity index (χ3n) is 2.11. The van der Waals surface area contributed by atoms with Gasteiger partial charge in [0.1, 0.15) is 11.6 Å². The first-order chi connectivity index (χ1) is 6.56. The maximum atomic E-state index is 5.67. The lowest BCUT2D eigenvalue weighted by Gasteiger charge is -2.15. The van der Waals surface area contributed by atoms with Gasteiger partial charge in [0.15, 0.2) is 0 Å². The Labute approximate surface area is 85.3 Å². The smallest absolute Gasteiger partial charge is 0.128 e. The molecule has 0 aliphatic carbocycles. The van der Waals surface area contributed by atoms with Gasteiger partial charge in [-0.3, -0.25) is 0 Å². The van der Waals surface area contributed by atoms with Gasteiger partial charge in [-0.1, -0.05) is 13.8 Å². The standard InChI is InChI=1S/C11H18N2O/c1-5-14-9-6-10(12)13-8(4)11(9)7(2)3/h6-7H,5H2,1-4H3,(H2,12,13). The molecule has 0 aliphatic rings. The maximum Gasteiger partial charge on any atom is 0.128 e. The molecule has 1 heterocycles. The number of nitrogens with zero attached hydrogens (tertiary/aromatic N) is 1. The van der Waals surface area contributed by atoms with Gasteiger partial charge in [-0.05, 0) is 19.8 Å². The van der Waals surface area contributed by atoms with Gasteiger partial charge in [-0.15, -0.1) is 0 Å². The summed E-state index contributed by atoms with van der Waals surface area (Å²) < 4.78 is 5.54. The molecule has 0 radical (unpaired) electrons. The zero-order chi connectivity index (χ0) is 10.7. The molecule has 0 unspecified atom stereocenters. The average molecular weight is 194 g/mol. The second kappa shape index (κ2) is 4.31. The van der Waals surface area contributed by atoms with E-state index in [1.165, 1.54) is 0 Å². The molecule has 1 aromatic heterocycles. The minimum Gasteiger partial charge on any atom is -0.493 e. The van der Waals surface area contributed by atoms with E-state index >= 15 is 0 Å². The van der Waals surface area contributed by atoms with Crippen molar-refractivity contribution >= 4 is 5.82 Å². The molecule has 3 heteroatoms. The van der Waals surface area contributed by atoms with E-state index in [0.29, 0.717) is 18.3 Å². The predicted molar refractivity (Wildman–Crippen MR) is 58.6 cm³/mol. The van der Waals surface area contributed by atoms with Crippen LogP contribution in [0.15, 0.2) is 6.07 Å². The predicted octanol–water partition coefficient (Wildman–Crippen LogP) is 2.49. The van der Waals surface area contributed by atoms with Gasteiger partial charge in [-0.25, -0.2) is 4.98 Å². The van der Waals surface area contributed by atoms with Crippen LogP contribution in [0.2, 0.25) is 0 Å². The molecule has 3 nitrogen and oxygen atoms in total. The number of pyridine rings is 1. The largest absolute Gasteiger partial charge is 0.493 e. The number of rotatable bonds is 3. The average Bonchev–Trinajstić information content (AvgIpc) is 2.01. The molecule has 0 amide bonds. The van der Waals surface area contributed by atoms with Crippen molar-refractivity contribution in [2.75, 3.05) is 12.3 Å². The van der Waals surface area contributed by atoms with Crippen molar-refractivity contribution < 1.29 is 4.74 Å². The SMILES string of the molecule is CCOc1cc(N)nc(C)c1C(C)C. The fourth-order valence-electron chi connectivity index (χ4n) is 1.65. The molecule has 0 aliphatic heterocycles. The van der Waals surface area contributed by atoms with Crippen LogP contribution < -0.4 is 10.5 Å². The van der Waals surface area contributed by atoms with Gasteiger partial charge < -0.3 is 10.5 Å². The third-order valence-corrected chi connectivity index (χ3v) is 2.11. The van der Waals surface area contributed by atoms with Gasteiger partial charge in [0.25, 0.3) is 0 Å². The maximum absolute atomic E-state index is 5.67. The fraction of sp³-hybridized carbons (Fsp3) is 0.545. The summed E-state index contributed by atoms with van der Waals surface area (Å²) in [6, 6.07) is 1.80. The first-order valence-corrected chi connectivity index (χ1v) is 4.96. The zero-order valence-corrected chi connectivity index (χ0v) is 9.29. The van der Waals surface area contributed by atoms with Crippen molar-refractivity contribution in [1.82, 2.24) is 4.98 Å². The lowest BCUT2D eigenvalue weighted by Crippen LogP contribution is -2.04. The van der Waals surface area contributed by atoms with Crippen molar-refractivity contribution in [3.63, 3.8) is 0 Å². The quantitative estimate of drug-likeness (QED) is 0.804. The molecule has 14 heavy (non-hydrogen) atoms. The number of nitrogen functional groups attached to an aromatic ring is 1. The zero-order valence-electron chi connectivity index (χ0n) is 9.29. The first-order valence-electron chi connectivity index (χ1n) is 4.96. The number of anilines is 1. The summed E-state index contributed by atoms with van der Waals surface area (Å²) in [4.78, 5) is 4.24. The summed E-state index contributed by atoms with van der Waals surface area (Å²) in [7, 11) is 0. The second-order valence-corrected chi connectivity index (χ2v) is 3.63. The summed E-state index contributed by atoms with van der Waals surface area (Å²) in [5.74, 6) is 1.80. The molecule has 2 N–H and O–H groups in total. The number of hydrogen-bond acceptors (Lipinski definition) is 3. The molecule has 0 atom stereocenters. The van der Waals surface area contributed by atoms with E-state index < -0.39 is 0 Å². The van der Waals surface area contributed by atoms with Gasteiger partial charge >= 0.3 is 0 Å². The Hall–Kier alpha value is -1.25. The Kier molecular flexibility index (Phi) is 3.33. The summed E-state index contributed by atoms with van der Waals surface area (Å²) >= 11 is 0. The third kappa shape index (κ3) is 2.16. The van der Waals surface area contributed by atoms with Crippen LogP contribution in [0.25, 0.3) is 0 Å². The van der Waals surface area contributed by atoms with Crippen molar-refractivity contribution in [3.05, 3.63) is 17.3 Å². The van der Waals surface area contributed by atoms with Crippen molar-refractivity contribution in [3.8, 4) is 5.75 Å². The van der Waals surface area contributed by atoms with E-state index in [1.54, 1.807) is 6.07 Å². The molecule has 1 aromatic rings. The molecular weight excluding hydrogens is 176 g/mol.